The standard InChI is InChI=1S/C15H21NO2/c1-11(14(17)18-2)8-12-4-3-5-13(9-12)10-15(16)6-7-15/h3-5,9,11H,6-8,10,16H2,1-2H3. The zero-order valence-corrected chi connectivity index (χ0v) is 11.1. The van der Waals surface area contributed by atoms with Gasteiger partial charge in [0.15, 0.2) is 0 Å². The zero-order valence-electron chi connectivity index (χ0n) is 11.1. The van der Waals surface area contributed by atoms with Crippen molar-refractivity contribution in [2.75, 3.05) is 7.11 Å². The summed E-state index contributed by atoms with van der Waals surface area (Å²) >= 11 is 0. The summed E-state index contributed by atoms with van der Waals surface area (Å²) in [5.74, 6) is -0.254. The quantitative estimate of drug-likeness (QED) is 0.810. The van der Waals surface area contributed by atoms with Gasteiger partial charge in [0.1, 0.15) is 0 Å². The molecule has 1 aliphatic carbocycles. The first-order chi connectivity index (χ1) is 8.52. The molecule has 0 radical (unpaired) electrons. The molecule has 0 amide bonds. The molecule has 1 saturated carbocycles. The van der Waals surface area contributed by atoms with Gasteiger partial charge in [-0.05, 0) is 36.8 Å². The molecule has 0 saturated heterocycles. The van der Waals surface area contributed by atoms with Crippen molar-refractivity contribution >= 4 is 5.97 Å². The summed E-state index contributed by atoms with van der Waals surface area (Å²) in [6, 6.07) is 8.37. The van der Waals surface area contributed by atoms with Crippen LogP contribution in [0.2, 0.25) is 0 Å². The molecule has 2 N–H and O–H groups in total. The van der Waals surface area contributed by atoms with Gasteiger partial charge < -0.3 is 10.5 Å². The van der Waals surface area contributed by atoms with Gasteiger partial charge in [-0.2, -0.15) is 0 Å². The average Bonchev–Trinajstić information content (AvgIpc) is 3.06. The van der Waals surface area contributed by atoms with Crippen LogP contribution in [0.4, 0.5) is 0 Å². The highest BCUT2D eigenvalue weighted by atomic mass is 16.5. The molecule has 1 unspecified atom stereocenters. The number of ether oxygens (including phenoxy) is 1. The largest absolute Gasteiger partial charge is 0.469 e. The number of hydrogen-bond acceptors (Lipinski definition) is 3. The van der Waals surface area contributed by atoms with Crippen LogP contribution >= 0.6 is 0 Å². The summed E-state index contributed by atoms with van der Waals surface area (Å²) in [7, 11) is 1.43. The smallest absolute Gasteiger partial charge is 0.308 e. The lowest BCUT2D eigenvalue weighted by molar-refractivity contribution is -0.144. The molecule has 3 heteroatoms. The topological polar surface area (TPSA) is 52.3 Å². The Balaban J connectivity index is 2.00. The fourth-order valence-electron chi connectivity index (χ4n) is 2.25. The van der Waals surface area contributed by atoms with Crippen molar-refractivity contribution in [3.8, 4) is 0 Å². The van der Waals surface area contributed by atoms with E-state index in [-0.39, 0.29) is 17.4 Å². The highest BCUT2D eigenvalue weighted by molar-refractivity contribution is 5.72. The van der Waals surface area contributed by atoms with Crippen molar-refractivity contribution in [3.05, 3.63) is 35.4 Å². The van der Waals surface area contributed by atoms with Crippen LogP contribution in [0.25, 0.3) is 0 Å². The van der Waals surface area contributed by atoms with Crippen molar-refractivity contribution in [2.24, 2.45) is 11.7 Å². The van der Waals surface area contributed by atoms with Gasteiger partial charge in [-0.1, -0.05) is 31.2 Å². The van der Waals surface area contributed by atoms with Crippen molar-refractivity contribution in [1.82, 2.24) is 0 Å². The molecule has 1 aromatic rings. The summed E-state index contributed by atoms with van der Waals surface area (Å²) in [5, 5.41) is 0. The molecule has 0 aliphatic heterocycles. The summed E-state index contributed by atoms with van der Waals surface area (Å²) in [4.78, 5) is 11.4. The first-order valence-corrected chi connectivity index (χ1v) is 6.47. The number of carbonyl (C=O) groups is 1. The van der Waals surface area contributed by atoms with E-state index >= 15 is 0 Å². The predicted molar refractivity (Wildman–Crippen MR) is 71.2 cm³/mol. The van der Waals surface area contributed by atoms with E-state index in [2.05, 4.69) is 18.2 Å². The number of benzene rings is 1. The first-order valence-electron chi connectivity index (χ1n) is 6.47. The zero-order chi connectivity index (χ0) is 13.2. The second-order valence-electron chi connectivity index (χ2n) is 5.49. The third-order valence-corrected chi connectivity index (χ3v) is 3.59. The van der Waals surface area contributed by atoms with E-state index in [9.17, 15) is 4.79 Å². The van der Waals surface area contributed by atoms with E-state index in [0.29, 0.717) is 0 Å². The number of nitrogens with two attached hydrogens (primary N) is 1. The Morgan fingerprint density at radius 1 is 1.44 bits per heavy atom. The molecule has 0 aromatic heterocycles. The molecule has 1 aromatic carbocycles. The van der Waals surface area contributed by atoms with Crippen LogP contribution in [-0.4, -0.2) is 18.6 Å². The third kappa shape index (κ3) is 3.33. The molecule has 3 nitrogen and oxygen atoms in total. The average molecular weight is 247 g/mol. The summed E-state index contributed by atoms with van der Waals surface area (Å²) in [5.41, 5.74) is 8.60. The van der Waals surface area contributed by atoms with Crippen molar-refractivity contribution in [3.63, 3.8) is 0 Å². The normalized spacial score (nSPS) is 18.2. The minimum Gasteiger partial charge on any atom is -0.469 e. The van der Waals surface area contributed by atoms with Gasteiger partial charge in [-0.15, -0.1) is 0 Å². The van der Waals surface area contributed by atoms with Crippen molar-refractivity contribution in [1.29, 1.82) is 0 Å². The maximum absolute atomic E-state index is 11.4. The molecular weight excluding hydrogens is 226 g/mol. The Morgan fingerprint density at radius 3 is 2.72 bits per heavy atom. The Bertz CT molecular complexity index is 438. The Hall–Kier alpha value is -1.35. The van der Waals surface area contributed by atoms with Crippen molar-refractivity contribution < 1.29 is 9.53 Å². The first kappa shape index (κ1) is 13.1. The number of hydrogen-bond donors (Lipinski definition) is 1. The van der Waals surface area contributed by atoms with Gasteiger partial charge in [0.2, 0.25) is 0 Å². The molecule has 1 atom stereocenters. The van der Waals surface area contributed by atoms with E-state index < -0.39 is 0 Å². The SMILES string of the molecule is COC(=O)C(C)Cc1cccc(CC2(N)CC2)c1. The highest BCUT2D eigenvalue weighted by Gasteiger charge is 2.37. The van der Waals surface area contributed by atoms with Crippen molar-refractivity contribution in [2.45, 2.75) is 38.1 Å². The fraction of sp³-hybridized carbons (Fsp3) is 0.533. The third-order valence-electron chi connectivity index (χ3n) is 3.59. The Morgan fingerprint density at radius 2 is 2.11 bits per heavy atom. The molecule has 2 rings (SSSR count). The van der Waals surface area contributed by atoms with Crippen LogP contribution < -0.4 is 5.73 Å². The minimum atomic E-state index is -0.155. The molecule has 1 fully saturated rings. The van der Waals surface area contributed by atoms with E-state index in [1.807, 2.05) is 13.0 Å². The molecule has 18 heavy (non-hydrogen) atoms. The van der Waals surface area contributed by atoms with Crippen LogP contribution in [0.1, 0.15) is 30.9 Å². The van der Waals surface area contributed by atoms with Gasteiger partial charge in [0.05, 0.1) is 13.0 Å². The number of methoxy groups -OCH3 is 1. The molecular formula is C15H21NO2. The maximum atomic E-state index is 11.4. The summed E-state index contributed by atoms with van der Waals surface area (Å²) in [6.07, 6.45) is 3.90. The second kappa shape index (κ2) is 5.11. The summed E-state index contributed by atoms with van der Waals surface area (Å²) < 4.78 is 4.75. The highest BCUT2D eigenvalue weighted by Crippen LogP contribution is 2.35. The van der Waals surface area contributed by atoms with E-state index in [0.717, 1.165) is 25.7 Å². The lowest BCUT2D eigenvalue weighted by Gasteiger charge is -2.12. The van der Waals surface area contributed by atoms with Gasteiger partial charge in [0, 0.05) is 5.54 Å². The number of carbonyl (C=O) groups excluding carboxylic acids is 1. The second-order valence-corrected chi connectivity index (χ2v) is 5.49. The van der Waals surface area contributed by atoms with E-state index in [1.54, 1.807) is 0 Å². The fourth-order valence-corrected chi connectivity index (χ4v) is 2.25. The predicted octanol–water partition coefficient (Wildman–Crippen LogP) is 2.07. The van der Waals surface area contributed by atoms with Crippen LogP contribution in [0.3, 0.4) is 0 Å². The Labute approximate surface area is 108 Å². The summed E-state index contributed by atoms with van der Waals surface area (Å²) in [6.45, 7) is 1.89. The van der Waals surface area contributed by atoms with Gasteiger partial charge in [-0.25, -0.2) is 0 Å². The maximum Gasteiger partial charge on any atom is 0.308 e. The van der Waals surface area contributed by atoms with E-state index in [1.165, 1.54) is 18.2 Å². The van der Waals surface area contributed by atoms with Crippen LogP contribution in [-0.2, 0) is 22.4 Å². The van der Waals surface area contributed by atoms with Gasteiger partial charge >= 0.3 is 5.97 Å². The number of rotatable bonds is 5. The van der Waals surface area contributed by atoms with Crippen LogP contribution in [0.5, 0.6) is 0 Å². The molecule has 98 valence electrons. The van der Waals surface area contributed by atoms with Crippen LogP contribution in [0.15, 0.2) is 24.3 Å². The van der Waals surface area contributed by atoms with E-state index in [4.69, 9.17) is 10.5 Å². The monoisotopic (exact) mass is 247 g/mol. The van der Waals surface area contributed by atoms with Gasteiger partial charge in [-0.3, -0.25) is 4.79 Å². The van der Waals surface area contributed by atoms with Gasteiger partial charge in [0.25, 0.3) is 0 Å². The lowest BCUT2D eigenvalue weighted by Crippen LogP contribution is -2.24. The molecule has 1 aliphatic rings. The Kier molecular flexibility index (Phi) is 3.71. The lowest BCUT2D eigenvalue weighted by atomic mass is 9.97. The molecule has 0 heterocycles. The molecule has 0 spiro atoms. The number of esters is 1. The minimum absolute atomic E-state index is 0.0343. The molecule has 0 bridgehead atoms. The van der Waals surface area contributed by atoms with Crippen LogP contribution in [0, 0.1) is 5.92 Å².